The first-order valence-corrected chi connectivity index (χ1v) is 10.5. The lowest BCUT2D eigenvalue weighted by Crippen LogP contribution is -2.49. The topological polar surface area (TPSA) is 64.6 Å². The molecule has 2 aromatic heterocycles. The third-order valence-corrected chi connectivity index (χ3v) is 7.02. The maximum absolute atomic E-state index is 13.1. The van der Waals surface area contributed by atoms with Crippen molar-refractivity contribution in [2.75, 3.05) is 26.3 Å². The van der Waals surface area contributed by atoms with Gasteiger partial charge >= 0.3 is 0 Å². The van der Waals surface area contributed by atoms with E-state index < -0.39 is 5.79 Å². The molecule has 1 unspecified atom stereocenters. The van der Waals surface area contributed by atoms with E-state index in [0.717, 1.165) is 61.5 Å². The summed E-state index contributed by atoms with van der Waals surface area (Å²) in [5.41, 5.74) is 2.21. The number of hydrogen-bond donors (Lipinski definition) is 0. The van der Waals surface area contributed by atoms with Gasteiger partial charge in [0, 0.05) is 54.7 Å². The molecule has 0 saturated carbocycles. The number of aromatic nitrogens is 2. The minimum absolute atomic E-state index is 0.0687. The molecule has 1 atom stereocenters. The Kier molecular flexibility index (Phi) is 4.46. The molecule has 2 fully saturated rings. The van der Waals surface area contributed by atoms with Gasteiger partial charge in [-0.3, -0.25) is 9.78 Å². The molecule has 2 aromatic rings. The minimum atomic E-state index is -0.424. The summed E-state index contributed by atoms with van der Waals surface area (Å²) in [7, 11) is 0. The molecule has 0 aromatic carbocycles. The molecule has 3 aliphatic rings. The number of carbonyl (C=O) groups excluding carboxylic acids is 1. The average Bonchev–Trinajstić information content (AvgIpc) is 3.35. The fourth-order valence-corrected chi connectivity index (χ4v) is 5.49. The summed E-state index contributed by atoms with van der Waals surface area (Å²) in [6, 6.07) is 3.97. The van der Waals surface area contributed by atoms with Crippen molar-refractivity contribution in [3.05, 3.63) is 35.1 Å². The van der Waals surface area contributed by atoms with E-state index >= 15 is 0 Å². The molecule has 6 nitrogen and oxygen atoms in total. The van der Waals surface area contributed by atoms with E-state index in [-0.39, 0.29) is 11.8 Å². The van der Waals surface area contributed by atoms with Crippen molar-refractivity contribution in [3.8, 4) is 10.6 Å². The quantitative estimate of drug-likeness (QED) is 0.795. The first-order valence-electron chi connectivity index (χ1n) is 9.68. The second-order valence-corrected chi connectivity index (χ2v) is 8.59. The van der Waals surface area contributed by atoms with Crippen LogP contribution in [-0.2, 0) is 27.1 Å². The van der Waals surface area contributed by atoms with Gasteiger partial charge in [-0.05, 0) is 31.4 Å². The van der Waals surface area contributed by atoms with Crippen molar-refractivity contribution in [1.29, 1.82) is 0 Å². The molecule has 1 amide bonds. The molecule has 1 aliphatic carbocycles. The highest BCUT2D eigenvalue weighted by Crippen LogP contribution is 2.36. The normalized spacial score (nSPS) is 24.1. The maximum Gasteiger partial charge on any atom is 0.226 e. The number of ether oxygens (including phenoxy) is 2. The van der Waals surface area contributed by atoms with Gasteiger partial charge in [0.1, 0.15) is 5.01 Å². The number of nitrogens with zero attached hydrogens (tertiary/aromatic N) is 3. The predicted molar refractivity (Wildman–Crippen MR) is 101 cm³/mol. The molecule has 142 valence electrons. The molecule has 0 N–H and O–H groups in total. The van der Waals surface area contributed by atoms with Crippen LogP contribution in [0, 0.1) is 5.92 Å². The number of fused-ring (bicyclic) bond motifs is 1. The summed E-state index contributed by atoms with van der Waals surface area (Å²) in [5.74, 6) is -0.0729. The summed E-state index contributed by atoms with van der Waals surface area (Å²) < 4.78 is 11.5. The van der Waals surface area contributed by atoms with Crippen LogP contribution in [0.4, 0.5) is 0 Å². The number of pyridine rings is 1. The molecule has 4 heterocycles. The third-order valence-electron chi connectivity index (χ3n) is 5.85. The van der Waals surface area contributed by atoms with Crippen LogP contribution < -0.4 is 0 Å². The summed E-state index contributed by atoms with van der Waals surface area (Å²) in [6.45, 7) is 2.80. The SMILES string of the molecule is O=C(C1CCc2nc(-c3cccnc3)sc2C1)N1CCC2(CC1)OCCO2. The number of amides is 1. The van der Waals surface area contributed by atoms with Crippen molar-refractivity contribution >= 4 is 17.2 Å². The van der Waals surface area contributed by atoms with Crippen molar-refractivity contribution < 1.29 is 14.3 Å². The van der Waals surface area contributed by atoms with Gasteiger partial charge in [0.15, 0.2) is 5.79 Å². The van der Waals surface area contributed by atoms with Gasteiger partial charge in [-0.15, -0.1) is 11.3 Å². The van der Waals surface area contributed by atoms with Gasteiger partial charge in [0.05, 0.1) is 18.9 Å². The molecule has 0 bridgehead atoms. The monoisotopic (exact) mass is 385 g/mol. The smallest absolute Gasteiger partial charge is 0.226 e. The van der Waals surface area contributed by atoms with E-state index in [1.807, 2.05) is 23.2 Å². The zero-order valence-corrected chi connectivity index (χ0v) is 16.0. The van der Waals surface area contributed by atoms with Crippen LogP contribution in [0.25, 0.3) is 10.6 Å². The summed E-state index contributed by atoms with van der Waals surface area (Å²) in [4.78, 5) is 25.3. The fourth-order valence-electron chi connectivity index (χ4n) is 4.31. The van der Waals surface area contributed by atoms with E-state index in [9.17, 15) is 4.79 Å². The lowest BCUT2D eigenvalue weighted by Gasteiger charge is -2.39. The Balaban J connectivity index is 1.25. The molecule has 7 heteroatoms. The van der Waals surface area contributed by atoms with Gasteiger partial charge in [-0.1, -0.05) is 0 Å². The Hall–Kier alpha value is -1.83. The second-order valence-electron chi connectivity index (χ2n) is 7.50. The van der Waals surface area contributed by atoms with Crippen LogP contribution in [0.5, 0.6) is 0 Å². The summed E-state index contributed by atoms with van der Waals surface area (Å²) >= 11 is 1.71. The average molecular weight is 385 g/mol. The van der Waals surface area contributed by atoms with Gasteiger partial charge in [-0.25, -0.2) is 4.98 Å². The highest BCUT2D eigenvalue weighted by molar-refractivity contribution is 7.15. The number of likely N-dealkylation sites (tertiary alicyclic amines) is 1. The van der Waals surface area contributed by atoms with Crippen LogP contribution in [0.2, 0.25) is 0 Å². The lowest BCUT2D eigenvalue weighted by molar-refractivity contribution is -0.188. The minimum Gasteiger partial charge on any atom is -0.347 e. The van der Waals surface area contributed by atoms with E-state index in [0.29, 0.717) is 13.2 Å². The Morgan fingerprint density at radius 2 is 2.07 bits per heavy atom. The molecule has 2 aliphatic heterocycles. The fraction of sp³-hybridized carbons (Fsp3) is 0.550. The predicted octanol–water partition coefficient (Wildman–Crippen LogP) is 2.68. The molecular formula is C20H23N3O3S. The largest absolute Gasteiger partial charge is 0.347 e. The first kappa shape index (κ1) is 17.3. The Labute approximate surface area is 162 Å². The Morgan fingerprint density at radius 1 is 1.26 bits per heavy atom. The van der Waals surface area contributed by atoms with Crippen LogP contribution in [0.15, 0.2) is 24.5 Å². The van der Waals surface area contributed by atoms with Crippen molar-refractivity contribution in [1.82, 2.24) is 14.9 Å². The van der Waals surface area contributed by atoms with Crippen LogP contribution in [0.3, 0.4) is 0 Å². The van der Waals surface area contributed by atoms with E-state index in [4.69, 9.17) is 14.5 Å². The summed E-state index contributed by atoms with van der Waals surface area (Å²) in [5, 5.41) is 1.01. The molecule has 5 rings (SSSR count). The number of aryl methyl sites for hydroxylation is 1. The molecule has 1 spiro atoms. The van der Waals surface area contributed by atoms with Gasteiger partial charge in [-0.2, -0.15) is 0 Å². The van der Waals surface area contributed by atoms with Crippen LogP contribution in [-0.4, -0.2) is 52.9 Å². The number of hydrogen-bond acceptors (Lipinski definition) is 6. The highest BCUT2D eigenvalue weighted by Gasteiger charge is 2.42. The molecule has 0 radical (unpaired) electrons. The Morgan fingerprint density at radius 3 is 2.81 bits per heavy atom. The third kappa shape index (κ3) is 3.28. The van der Waals surface area contributed by atoms with E-state index in [1.54, 1.807) is 17.5 Å². The van der Waals surface area contributed by atoms with Crippen molar-refractivity contribution in [2.45, 2.75) is 37.9 Å². The first-order chi connectivity index (χ1) is 13.2. The Bertz CT molecular complexity index is 822. The standard InChI is InChI=1S/C20H23N3O3S/c24-19(23-8-5-20(6-9-23)25-10-11-26-20)14-3-4-16-17(12-14)27-18(22-16)15-2-1-7-21-13-15/h1-2,7,13-14H,3-6,8-12H2. The zero-order chi connectivity index (χ0) is 18.3. The highest BCUT2D eigenvalue weighted by atomic mass is 32.1. The molecule has 2 saturated heterocycles. The van der Waals surface area contributed by atoms with Crippen LogP contribution in [0.1, 0.15) is 29.8 Å². The maximum atomic E-state index is 13.1. The van der Waals surface area contributed by atoms with Gasteiger partial charge in [0.25, 0.3) is 0 Å². The number of thiazole rings is 1. The van der Waals surface area contributed by atoms with E-state index in [1.165, 1.54) is 4.88 Å². The summed E-state index contributed by atoms with van der Waals surface area (Å²) in [6.07, 6.45) is 7.76. The zero-order valence-electron chi connectivity index (χ0n) is 15.2. The number of carbonyl (C=O) groups is 1. The van der Waals surface area contributed by atoms with Crippen LogP contribution >= 0.6 is 11.3 Å². The van der Waals surface area contributed by atoms with E-state index in [2.05, 4.69) is 4.98 Å². The van der Waals surface area contributed by atoms with Gasteiger partial charge in [0.2, 0.25) is 5.91 Å². The molecular weight excluding hydrogens is 362 g/mol. The second kappa shape index (κ2) is 6.96. The van der Waals surface area contributed by atoms with Crippen molar-refractivity contribution in [2.24, 2.45) is 5.92 Å². The van der Waals surface area contributed by atoms with Crippen molar-refractivity contribution in [3.63, 3.8) is 0 Å². The lowest BCUT2D eigenvalue weighted by atomic mass is 9.89. The van der Waals surface area contributed by atoms with Gasteiger partial charge < -0.3 is 14.4 Å². The number of rotatable bonds is 2. The molecule has 27 heavy (non-hydrogen) atoms. The number of piperidine rings is 1.